The molecule has 0 radical (unpaired) electrons. The third-order valence-electron chi connectivity index (χ3n) is 4.84. The van der Waals surface area contributed by atoms with Crippen molar-refractivity contribution >= 4 is 31.7 Å². The fourth-order valence-electron chi connectivity index (χ4n) is 3.40. The molecule has 0 amide bonds. The highest BCUT2D eigenvalue weighted by molar-refractivity contribution is 9.10. The van der Waals surface area contributed by atoms with Gasteiger partial charge in [0.2, 0.25) is 0 Å². The number of sulfonamides is 1. The maximum absolute atomic E-state index is 13.4. The Labute approximate surface area is 178 Å². The zero-order valence-electron chi connectivity index (χ0n) is 15.7. The number of para-hydroxylation sites is 1. The van der Waals surface area contributed by atoms with Gasteiger partial charge in [0.15, 0.2) is 0 Å². The molecule has 5 nitrogen and oxygen atoms in total. The lowest BCUT2D eigenvalue weighted by Crippen LogP contribution is -2.27. The van der Waals surface area contributed by atoms with E-state index >= 15 is 0 Å². The highest BCUT2D eigenvalue weighted by atomic mass is 79.9. The van der Waals surface area contributed by atoms with Crippen LogP contribution in [0.5, 0.6) is 5.75 Å². The van der Waals surface area contributed by atoms with Gasteiger partial charge in [0, 0.05) is 16.5 Å². The fourth-order valence-corrected chi connectivity index (χ4v) is 5.11. The van der Waals surface area contributed by atoms with Crippen LogP contribution in [-0.4, -0.2) is 25.7 Å². The SMILES string of the molecule is COc1ccccc1[C@H]1CC(c2ccc(Br)cc2)=NN1S(=O)(=O)c1ccccc1. The van der Waals surface area contributed by atoms with E-state index in [9.17, 15) is 8.42 Å². The normalized spacial score (nSPS) is 16.6. The van der Waals surface area contributed by atoms with Crippen molar-refractivity contribution in [2.24, 2.45) is 5.10 Å². The van der Waals surface area contributed by atoms with Gasteiger partial charge in [-0.1, -0.05) is 64.5 Å². The van der Waals surface area contributed by atoms with Crippen LogP contribution < -0.4 is 4.74 Å². The molecule has 0 saturated heterocycles. The molecular formula is C22H19BrN2O3S. The minimum Gasteiger partial charge on any atom is -0.496 e. The Morgan fingerprint density at radius 1 is 0.966 bits per heavy atom. The van der Waals surface area contributed by atoms with Crippen LogP contribution in [0.4, 0.5) is 0 Å². The standard InChI is InChI=1S/C22H19BrN2O3S/c1-28-22-10-6-5-9-19(22)21-15-20(16-11-13-17(23)14-12-16)24-25(21)29(26,27)18-7-3-2-4-8-18/h2-14,21H,15H2,1H3/t21-/m1/s1. The van der Waals surface area contributed by atoms with Crippen LogP contribution in [0, 0.1) is 0 Å². The Morgan fingerprint density at radius 2 is 1.62 bits per heavy atom. The first-order valence-electron chi connectivity index (χ1n) is 9.06. The quantitative estimate of drug-likeness (QED) is 0.527. The second kappa shape index (κ2) is 8.00. The van der Waals surface area contributed by atoms with E-state index < -0.39 is 16.1 Å². The molecule has 0 aromatic heterocycles. The van der Waals surface area contributed by atoms with Crippen molar-refractivity contribution in [2.45, 2.75) is 17.4 Å². The van der Waals surface area contributed by atoms with Crippen molar-refractivity contribution in [3.63, 3.8) is 0 Å². The zero-order chi connectivity index (χ0) is 20.4. The van der Waals surface area contributed by atoms with E-state index in [1.807, 2.05) is 48.5 Å². The molecular weight excluding hydrogens is 452 g/mol. The lowest BCUT2D eigenvalue weighted by molar-refractivity contribution is 0.350. The molecule has 1 aliphatic rings. The summed E-state index contributed by atoms with van der Waals surface area (Å²) in [6.45, 7) is 0. The van der Waals surface area contributed by atoms with Crippen LogP contribution in [0.3, 0.4) is 0 Å². The molecule has 0 fully saturated rings. The number of halogens is 1. The monoisotopic (exact) mass is 470 g/mol. The van der Waals surface area contributed by atoms with Gasteiger partial charge in [0.05, 0.1) is 23.8 Å². The molecule has 0 saturated carbocycles. The Bertz CT molecular complexity index is 1150. The maximum Gasteiger partial charge on any atom is 0.279 e. The molecule has 148 valence electrons. The van der Waals surface area contributed by atoms with Gasteiger partial charge in [-0.05, 0) is 35.9 Å². The Hall–Kier alpha value is -2.64. The molecule has 1 heterocycles. The number of ether oxygens (including phenoxy) is 1. The van der Waals surface area contributed by atoms with Crippen molar-refractivity contribution in [1.29, 1.82) is 0 Å². The van der Waals surface area contributed by atoms with Crippen LogP contribution in [-0.2, 0) is 10.0 Å². The average Bonchev–Trinajstić information content (AvgIpc) is 3.21. The van der Waals surface area contributed by atoms with Gasteiger partial charge in [-0.15, -0.1) is 0 Å². The predicted molar refractivity (Wildman–Crippen MR) is 116 cm³/mol. The highest BCUT2D eigenvalue weighted by Gasteiger charge is 2.38. The second-order valence-electron chi connectivity index (χ2n) is 6.61. The summed E-state index contributed by atoms with van der Waals surface area (Å²) in [7, 11) is -2.25. The summed E-state index contributed by atoms with van der Waals surface area (Å²) in [5.74, 6) is 0.637. The van der Waals surface area contributed by atoms with Crippen LogP contribution in [0.15, 0.2) is 93.3 Å². The molecule has 29 heavy (non-hydrogen) atoms. The van der Waals surface area contributed by atoms with Crippen molar-refractivity contribution in [3.05, 3.63) is 94.5 Å². The van der Waals surface area contributed by atoms with Gasteiger partial charge in [-0.25, -0.2) is 0 Å². The van der Waals surface area contributed by atoms with Crippen LogP contribution in [0.1, 0.15) is 23.6 Å². The first-order valence-corrected chi connectivity index (χ1v) is 11.3. The molecule has 7 heteroatoms. The lowest BCUT2D eigenvalue weighted by atomic mass is 9.98. The largest absolute Gasteiger partial charge is 0.496 e. The summed E-state index contributed by atoms with van der Waals surface area (Å²) in [6, 6.07) is 23.1. The minimum atomic E-state index is -3.83. The smallest absolute Gasteiger partial charge is 0.279 e. The number of hydrogen-bond donors (Lipinski definition) is 0. The average molecular weight is 471 g/mol. The van der Waals surface area contributed by atoms with Gasteiger partial charge >= 0.3 is 0 Å². The van der Waals surface area contributed by atoms with E-state index in [1.165, 1.54) is 4.41 Å². The van der Waals surface area contributed by atoms with Gasteiger partial charge in [0.25, 0.3) is 10.0 Å². The molecule has 1 aliphatic heterocycles. The van der Waals surface area contributed by atoms with Gasteiger partial charge in [0.1, 0.15) is 5.75 Å². The second-order valence-corrected chi connectivity index (χ2v) is 9.32. The van der Waals surface area contributed by atoms with E-state index in [-0.39, 0.29) is 4.90 Å². The fraction of sp³-hybridized carbons (Fsp3) is 0.136. The number of methoxy groups -OCH3 is 1. The number of nitrogens with zero attached hydrogens (tertiary/aromatic N) is 2. The van der Waals surface area contributed by atoms with E-state index in [1.54, 1.807) is 37.4 Å². The molecule has 3 aromatic carbocycles. The third kappa shape index (κ3) is 3.80. The summed E-state index contributed by atoms with van der Waals surface area (Å²) in [4.78, 5) is 0.209. The zero-order valence-corrected chi connectivity index (χ0v) is 18.1. The van der Waals surface area contributed by atoms with Crippen molar-refractivity contribution in [3.8, 4) is 5.75 Å². The molecule has 4 rings (SSSR count). The summed E-state index contributed by atoms with van der Waals surface area (Å²) in [6.07, 6.45) is 0.452. The van der Waals surface area contributed by atoms with Crippen molar-refractivity contribution in [1.82, 2.24) is 4.41 Å². The highest BCUT2D eigenvalue weighted by Crippen LogP contribution is 2.40. The number of rotatable bonds is 5. The number of hydrogen-bond acceptors (Lipinski definition) is 4. The Kier molecular flexibility index (Phi) is 5.43. The first kappa shape index (κ1) is 19.7. The summed E-state index contributed by atoms with van der Waals surface area (Å²) < 4.78 is 34.5. The molecule has 0 unspecified atom stereocenters. The Morgan fingerprint density at radius 3 is 2.31 bits per heavy atom. The van der Waals surface area contributed by atoms with E-state index in [0.717, 1.165) is 15.6 Å². The lowest BCUT2D eigenvalue weighted by Gasteiger charge is -2.24. The summed E-state index contributed by atoms with van der Waals surface area (Å²) in [5, 5.41) is 4.56. The van der Waals surface area contributed by atoms with Crippen molar-refractivity contribution < 1.29 is 13.2 Å². The van der Waals surface area contributed by atoms with E-state index in [2.05, 4.69) is 21.0 Å². The van der Waals surface area contributed by atoms with Crippen molar-refractivity contribution in [2.75, 3.05) is 7.11 Å². The third-order valence-corrected chi connectivity index (χ3v) is 7.06. The van der Waals surface area contributed by atoms with Crippen LogP contribution in [0.2, 0.25) is 0 Å². The maximum atomic E-state index is 13.4. The van der Waals surface area contributed by atoms with E-state index in [4.69, 9.17) is 4.74 Å². The molecule has 0 aliphatic carbocycles. The molecule has 3 aromatic rings. The Balaban J connectivity index is 1.83. The van der Waals surface area contributed by atoms with Gasteiger partial charge < -0.3 is 4.74 Å². The van der Waals surface area contributed by atoms with Gasteiger partial charge in [-0.3, -0.25) is 0 Å². The van der Waals surface area contributed by atoms with Gasteiger partial charge in [-0.2, -0.15) is 17.9 Å². The molecule has 1 atom stereocenters. The molecule has 0 N–H and O–H groups in total. The number of hydrazone groups is 1. The summed E-state index contributed by atoms with van der Waals surface area (Å²) >= 11 is 3.43. The minimum absolute atomic E-state index is 0.209. The van der Waals surface area contributed by atoms with Crippen LogP contribution >= 0.6 is 15.9 Å². The molecule has 0 bridgehead atoms. The molecule has 0 spiro atoms. The predicted octanol–water partition coefficient (Wildman–Crippen LogP) is 5.00. The first-order chi connectivity index (χ1) is 14.0. The topological polar surface area (TPSA) is 59.0 Å². The van der Waals surface area contributed by atoms with Crippen LogP contribution in [0.25, 0.3) is 0 Å². The summed E-state index contributed by atoms with van der Waals surface area (Å²) in [5.41, 5.74) is 2.39. The van der Waals surface area contributed by atoms with E-state index in [0.29, 0.717) is 17.9 Å². The number of benzene rings is 3.